The molecule has 1 aromatic heterocycles. The molecule has 0 bridgehead atoms. The molecule has 0 unspecified atom stereocenters. The van der Waals surface area contributed by atoms with Crippen molar-refractivity contribution in [2.75, 3.05) is 12.1 Å². The van der Waals surface area contributed by atoms with Crippen molar-refractivity contribution in [1.29, 1.82) is 0 Å². The normalized spacial score (nSPS) is 15.0. The number of pyridine rings is 1. The number of amides is 2. The van der Waals surface area contributed by atoms with Gasteiger partial charge >= 0.3 is 0 Å². The van der Waals surface area contributed by atoms with E-state index in [-0.39, 0.29) is 30.1 Å². The summed E-state index contributed by atoms with van der Waals surface area (Å²) in [4.78, 5) is 28.5. The minimum atomic E-state index is -0.394. The van der Waals surface area contributed by atoms with Crippen LogP contribution < -0.4 is 20.1 Å². The van der Waals surface area contributed by atoms with Gasteiger partial charge in [-0.05, 0) is 37.1 Å². The Kier molecular flexibility index (Phi) is 3.53. The van der Waals surface area contributed by atoms with Gasteiger partial charge in [0.2, 0.25) is 6.79 Å². The smallest absolute Gasteiger partial charge is 0.274 e. The minimum absolute atomic E-state index is 0.173. The highest BCUT2D eigenvalue weighted by atomic mass is 16.7. The highest BCUT2D eigenvalue weighted by molar-refractivity contribution is 6.04. The molecular weight excluding hydrogens is 310 g/mol. The van der Waals surface area contributed by atoms with Crippen LogP contribution in [-0.2, 0) is 0 Å². The van der Waals surface area contributed by atoms with E-state index in [0.29, 0.717) is 17.2 Å². The van der Waals surface area contributed by atoms with Gasteiger partial charge in [0.25, 0.3) is 11.8 Å². The first-order valence-electron chi connectivity index (χ1n) is 7.68. The molecule has 2 aromatic rings. The summed E-state index contributed by atoms with van der Waals surface area (Å²) in [6.45, 7) is 0.173. The number of anilines is 1. The number of carbonyl (C=O) groups is 2. The van der Waals surface area contributed by atoms with E-state index in [1.54, 1.807) is 36.4 Å². The van der Waals surface area contributed by atoms with Crippen LogP contribution in [0.1, 0.15) is 33.8 Å². The lowest BCUT2D eigenvalue weighted by Crippen LogP contribution is -2.27. The number of carbonyl (C=O) groups excluding carboxylic acids is 2. The highest BCUT2D eigenvalue weighted by Crippen LogP contribution is 2.34. The van der Waals surface area contributed by atoms with E-state index in [9.17, 15) is 9.59 Å². The summed E-state index contributed by atoms with van der Waals surface area (Å²) >= 11 is 0. The van der Waals surface area contributed by atoms with Gasteiger partial charge in [0.15, 0.2) is 11.5 Å². The monoisotopic (exact) mass is 325 g/mol. The number of fused-ring (bicyclic) bond motifs is 1. The Hall–Kier alpha value is -3.09. The standard InChI is InChI=1S/C17H15N3O4/c21-16(18-10-4-5-10)12-2-1-3-13(20-12)17(22)19-11-6-7-14-15(8-11)24-9-23-14/h1-3,6-8,10H,4-5,9H2,(H,18,21)(H,19,22). The molecule has 2 aliphatic rings. The van der Waals surface area contributed by atoms with Crippen LogP contribution in [0.3, 0.4) is 0 Å². The number of hydrogen-bond donors (Lipinski definition) is 2. The molecule has 7 heteroatoms. The van der Waals surface area contributed by atoms with Crippen molar-refractivity contribution in [3.8, 4) is 11.5 Å². The van der Waals surface area contributed by atoms with Gasteiger partial charge in [0.05, 0.1) is 0 Å². The van der Waals surface area contributed by atoms with Crippen molar-refractivity contribution in [2.24, 2.45) is 0 Å². The van der Waals surface area contributed by atoms with Gasteiger partial charge < -0.3 is 20.1 Å². The van der Waals surface area contributed by atoms with Crippen molar-refractivity contribution < 1.29 is 19.1 Å². The second kappa shape index (κ2) is 5.84. The molecule has 2 heterocycles. The Balaban J connectivity index is 1.48. The summed E-state index contributed by atoms with van der Waals surface area (Å²) in [5.74, 6) is 0.577. The Bertz CT molecular complexity index is 817. The summed E-state index contributed by atoms with van der Waals surface area (Å²) in [7, 11) is 0. The highest BCUT2D eigenvalue weighted by Gasteiger charge is 2.24. The molecule has 1 fully saturated rings. The molecule has 24 heavy (non-hydrogen) atoms. The topological polar surface area (TPSA) is 89.5 Å². The van der Waals surface area contributed by atoms with Crippen LogP contribution in [0.5, 0.6) is 11.5 Å². The zero-order valence-electron chi connectivity index (χ0n) is 12.7. The van der Waals surface area contributed by atoms with Gasteiger partial charge in [-0.15, -0.1) is 0 Å². The molecule has 2 amide bonds. The SMILES string of the molecule is O=C(Nc1ccc2c(c1)OCO2)c1cccc(C(=O)NC2CC2)n1. The molecule has 2 N–H and O–H groups in total. The number of aromatic nitrogens is 1. The van der Waals surface area contributed by atoms with Gasteiger partial charge in [-0.2, -0.15) is 0 Å². The largest absolute Gasteiger partial charge is 0.454 e. The number of hydrogen-bond acceptors (Lipinski definition) is 5. The second-order valence-corrected chi connectivity index (χ2v) is 5.68. The summed E-state index contributed by atoms with van der Waals surface area (Å²) in [6.07, 6.45) is 1.99. The number of nitrogens with zero attached hydrogens (tertiary/aromatic N) is 1. The summed E-state index contributed by atoms with van der Waals surface area (Å²) < 4.78 is 10.5. The zero-order chi connectivity index (χ0) is 16.5. The van der Waals surface area contributed by atoms with Crippen molar-refractivity contribution >= 4 is 17.5 Å². The third-order valence-electron chi connectivity index (χ3n) is 3.76. The summed E-state index contributed by atoms with van der Waals surface area (Å²) in [6, 6.07) is 10.2. The van der Waals surface area contributed by atoms with Gasteiger partial charge in [-0.1, -0.05) is 6.07 Å². The van der Waals surface area contributed by atoms with Gasteiger partial charge in [0.1, 0.15) is 11.4 Å². The third-order valence-corrected chi connectivity index (χ3v) is 3.76. The molecule has 1 aromatic carbocycles. The van der Waals surface area contributed by atoms with E-state index < -0.39 is 5.91 Å². The van der Waals surface area contributed by atoms with E-state index >= 15 is 0 Å². The first-order chi connectivity index (χ1) is 11.7. The van der Waals surface area contributed by atoms with Crippen LogP contribution in [0.2, 0.25) is 0 Å². The molecule has 0 radical (unpaired) electrons. The molecule has 1 saturated carbocycles. The first-order valence-corrected chi connectivity index (χ1v) is 7.68. The van der Waals surface area contributed by atoms with E-state index in [0.717, 1.165) is 12.8 Å². The van der Waals surface area contributed by atoms with Crippen molar-refractivity contribution in [2.45, 2.75) is 18.9 Å². The Labute approximate surface area is 138 Å². The lowest BCUT2D eigenvalue weighted by Gasteiger charge is -2.07. The zero-order valence-corrected chi connectivity index (χ0v) is 12.7. The van der Waals surface area contributed by atoms with Crippen molar-refractivity contribution in [1.82, 2.24) is 10.3 Å². The van der Waals surface area contributed by atoms with Crippen LogP contribution >= 0.6 is 0 Å². The van der Waals surface area contributed by atoms with Crippen LogP contribution in [0.25, 0.3) is 0 Å². The summed E-state index contributed by atoms with van der Waals surface area (Å²) in [5.41, 5.74) is 0.982. The van der Waals surface area contributed by atoms with E-state index in [2.05, 4.69) is 15.6 Å². The average molecular weight is 325 g/mol. The molecule has 0 saturated heterocycles. The number of benzene rings is 1. The first kappa shape index (κ1) is 14.5. The van der Waals surface area contributed by atoms with Crippen molar-refractivity contribution in [3.63, 3.8) is 0 Å². The fourth-order valence-corrected chi connectivity index (χ4v) is 2.34. The van der Waals surface area contributed by atoms with Gasteiger partial charge in [0, 0.05) is 17.8 Å². The van der Waals surface area contributed by atoms with E-state index in [1.165, 1.54) is 0 Å². The molecule has 0 spiro atoms. The lowest BCUT2D eigenvalue weighted by molar-refractivity contribution is 0.0946. The fraction of sp³-hybridized carbons (Fsp3) is 0.235. The number of nitrogens with one attached hydrogen (secondary N) is 2. The summed E-state index contributed by atoms with van der Waals surface area (Å²) in [5, 5.41) is 5.59. The average Bonchev–Trinajstić information content (AvgIpc) is 3.29. The molecule has 1 aliphatic heterocycles. The molecule has 7 nitrogen and oxygen atoms in total. The predicted molar refractivity (Wildman–Crippen MR) is 85.2 cm³/mol. The minimum Gasteiger partial charge on any atom is -0.454 e. The van der Waals surface area contributed by atoms with Crippen LogP contribution in [-0.4, -0.2) is 29.6 Å². The number of rotatable bonds is 4. The Morgan fingerprint density at radius 1 is 1.00 bits per heavy atom. The van der Waals surface area contributed by atoms with E-state index in [1.807, 2.05) is 0 Å². The fourth-order valence-electron chi connectivity index (χ4n) is 2.34. The maximum atomic E-state index is 12.3. The Morgan fingerprint density at radius 3 is 2.54 bits per heavy atom. The lowest BCUT2D eigenvalue weighted by atomic mass is 10.2. The second-order valence-electron chi connectivity index (χ2n) is 5.68. The molecule has 4 rings (SSSR count). The maximum Gasteiger partial charge on any atom is 0.274 e. The molecule has 122 valence electrons. The molecular formula is C17H15N3O4. The molecule has 0 atom stereocenters. The van der Waals surface area contributed by atoms with Crippen molar-refractivity contribution in [3.05, 3.63) is 47.8 Å². The number of ether oxygens (including phenoxy) is 2. The van der Waals surface area contributed by atoms with Crippen LogP contribution in [0.4, 0.5) is 5.69 Å². The predicted octanol–water partition coefficient (Wildman–Crippen LogP) is 1.95. The maximum absolute atomic E-state index is 12.3. The molecule has 1 aliphatic carbocycles. The van der Waals surface area contributed by atoms with Gasteiger partial charge in [-0.25, -0.2) is 4.98 Å². The van der Waals surface area contributed by atoms with Crippen LogP contribution in [0.15, 0.2) is 36.4 Å². The third kappa shape index (κ3) is 3.01. The van der Waals surface area contributed by atoms with E-state index in [4.69, 9.17) is 9.47 Å². The quantitative estimate of drug-likeness (QED) is 0.897. The van der Waals surface area contributed by atoms with Gasteiger partial charge in [-0.3, -0.25) is 9.59 Å². The Morgan fingerprint density at radius 2 is 1.75 bits per heavy atom. The van der Waals surface area contributed by atoms with Crippen LogP contribution in [0, 0.1) is 0 Å².